The molecule has 0 amide bonds. The molecule has 1 unspecified atom stereocenters. The molecule has 0 spiro atoms. The van der Waals surface area contributed by atoms with Gasteiger partial charge >= 0.3 is 0 Å². The normalized spacial score (nSPS) is 29.0. The van der Waals surface area contributed by atoms with Gasteiger partial charge in [0.1, 0.15) is 5.82 Å². The van der Waals surface area contributed by atoms with Crippen LogP contribution in [0.3, 0.4) is 0 Å². The molecule has 0 aliphatic carbocycles. The number of aliphatic hydroxyl groups is 1. The van der Waals surface area contributed by atoms with Gasteiger partial charge in [-0.3, -0.25) is 0 Å². The zero-order valence-electron chi connectivity index (χ0n) is 14.5. The van der Waals surface area contributed by atoms with Crippen LogP contribution in [0.2, 0.25) is 0 Å². The highest BCUT2D eigenvalue weighted by molar-refractivity contribution is 5.27. The second kappa shape index (κ2) is 6.54. The number of hydrogen-bond donors (Lipinski definition) is 2. The van der Waals surface area contributed by atoms with E-state index in [1.165, 1.54) is 17.7 Å². The second-order valence-corrected chi connectivity index (χ2v) is 7.86. The van der Waals surface area contributed by atoms with Crippen molar-refractivity contribution in [2.24, 2.45) is 0 Å². The first-order valence-electron chi connectivity index (χ1n) is 9.38. The lowest BCUT2D eigenvalue weighted by Gasteiger charge is -2.32. The van der Waals surface area contributed by atoms with Crippen LogP contribution in [-0.2, 0) is 6.42 Å². The molecule has 2 N–H and O–H groups in total. The van der Waals surface area contributed by atoms with Crippen LogP contribution in [-0.4, -0.2) is 16.2 Å². The molecular weight excluding hydrogens is 313 g/mol. The van der Waals surface area contributed by atoms with Gasteiger partial charge in [0.15, 0.2) is 0 Å². The van der Waals surface area contributed by atoms with Gasteiger partial charge in [0.2, 0.25) is 0 Å². The van der Waals surface area contributed by atoms with Crippen LogP contribution in [0.1, 0.15) is 55.8 Å². The number of rotatable bonds is 6. The van der Waals surface area contributed by atoms with Gasteiger partial charge in [-0.2, -0.15) is 0 Å². The van der Waals surface area contributed by atoms with E-state index in [2.05, 4.69) is 35.6 Å². The predicted molar refractivity (Wildman–Crippen MR) is 97.8 cm³/mol. The minimum atomic E-state index is -0.637. The monoisotopic (exact) mass is 339 g/mol. The standard InChI is InChI=1S/C22H26FNO/c23-19-10-4-9-18(16-19)20(25)22-14-12-21(24-22,13-15-22)11-5-8-17-6-2-1-3-7-17/h1-4,6-7,9-10,16,20,24-25H,5,8,11-15H2. The third-order valence-corrected chi connectivity index (χ3v) is 6.26. The van der Waals surface area contributed by atoms with Crippen molar-refractivity contribution < 1.29 is 9.50 Å². The summed E-state index contributed by atoms with van der Waals surface area (Å²) in [7, 11) is 0. The number of fused-ring (bicyclic) bond motifs is 2. The van der Waals surface area contributed by atoms with Crippen LogP contribution in [0, 0.1) is 5.82 Å². The van der Waals surface area contributed by atoms with E-state index in [1.807, 2.05) is 6.07 Å². The van der Waals surface area contributed by atoms with E-state index in [1.54, 1.807) is 6.07 Å². The summed E-state index contributed by atoms with van der Waals surface area (Å²) in [6.45, 7) is 0. The minimum absolute atomic E-state index is 0.156. The Kier molecular flexibility index (Phi) is 4.38. The smallest absolute Gasteiger partial charge is 0.123 e. The highest BCUT2D eigenvalue weighted by atomic mass is 19.1. The van der Waals surface area contributed by atoms with Crippen LogP contribution in [0.25, 0.3) is 0 Å². The molecule has 2 aliphatic rings. The molecule has 25 heavy (non-hydrogen) atoms. The molecule has 2 fully saturated rings. The third kappa shape index (κ3) is 3.23. The molecule has 0 aromatic heterocycles. The Balaban J connectivity index is 1.40. The molecule has 2 saturated heterocycles. The Bertz CT molecular complexity index is 722. The van der Waals surface area contributed by atoms with E-state index < -0.39 is 6.10 Å². The molecule has 2 bridgehead atoms. The lowest BCUT2D eigenvalue weighted by Crippen LogP contribution is -2.46. The van der Waals surface area contributed by atoms with Gasteiger partial charge in [-0.25, -0.2) is 4.39 Å². The largest absolute Gasteiger partial charge is 0.386 e. The SMILES string of the molecule is OC(c1cccc(F)c1)C12CCC(CCCc3ccccc3)(CC1)N2. The zero-order chi connectivity index (χ0) is 17.3. The summed E-state index contributed by atoms with van der Waals surface area (Å²) in [4.78, 5) is 0. The first-order valence-corrected chi connectivity index (χ1v) is 9.38. The van der Waals surface area contributed by atoms with Gasteiger partial charge < -0.3 is 10.4 Å². The summed E-state index contributed by atoms with van der Waals surface area (Å²) >= 11 is 0. The molecule has 2 heterocycles. The van der Waals surface area contributed by atoms with Crippen LogP contribution in [0.15, 0.2) is 54.6 Å². The molecule has 4 rings (SSSR count). The van der Waals surface area contributed by atoms with Crippen molar-refractivity contribution in [3.63, 3.8) is 0 Å². The lowest BCUT2D eigenvalue weighted by atomic mass is 9.76. The molecule has 0 saturated carbocycles. The lowest BCUT2D eigenvalue weighted by molar-refractivity contribution is 0.0733. The van der Waals surface area contributed by atoms with Crippen molar-refractivity contribution in [3.05, 3.63) is 71.5 Å². The van der Waals surface area contributed by atoms with Gasteiger partial charge in [0, 0.05) is 11.1 Å². The Hall–Kier alpha value is -1.71. The Morgan fingerprint density at radius 1 is 1.00 bits per heavy atom. The van der Waals surface area contributed by atoms with Crippen molar-refractivity contribution >= 4 is 0 Å². The van der Waals surface area contributed by atoms with Crippen molar-refractivity contribution in [3.8, 4) is 0 Å². The van der Waals surface area contributed by atoms with E-state index in [4.69, 9.17) is 0 Å². The number of aryl methyl sites for hydroxylation is 1. The van der Waals surface area contributed by atoms with Crippen molar-refractivity contribution in [1.29, 1.82) is 0 Å². The molecule has 0 radical (unpaired) electrons. The summed E-state index contributed by atoms with van der Waals surface area (Å²) in [5.41, 5.74) is 1.96. The van der Waals surface area contributed by atoms with Crippen molar-refractivity contribution in [2.75, 3.05) is 0 Å². The van der Waals surface area contributed by atoms with Crippen LogP contribution >= 0.6 is 0 Å². The van der Waals surface area contributed by atoms with Gasteiger partial charge in [-0.1, -0.05) is 42.5 Å². The summed E-state index contributed by atoms with van der Waals surface area (Å²) in [6, 6.07) is 17.0. The number of nitrogens with one attached hydrogen (secondary N) is 1. The van der Waals surface area contributed by atoms with E-state index in [0.717, 1.165) is 44.9 Å². The highest BCUT2D eigenvalue weighted by Crippen LogP contribution is 2.52. The van der Waals surface area contributed by atoms with Crippen molar-refractivity contribution in [2.45, 2.75) is 62.1 Å². The first-order chi connectivity index (χ1) is 12.1. The Morgan fingerprint density at radius 2 is 1.76 bits per heavy atom. The maximum Gasteiger partial charge on any atom is 0.123 e. The molecular formula is C22H26FNO. The van der Waals surface area contributed by atoms with E-state index >= 15 is 0 Å². The molecule has 3 heteroatoms. The molecule has 132 valence electrons. The molecule has 1 atom stereocenters. The average Bonchev–Trinajstić information content (AvgIpc) is 3.19. The van der Waals surface area contributed by atoms with Crippen molar-refractivity contribution in [1.82, 2.24) is 5.32 Å². The first kappa shape index (κ1) is 16.7. The maximum atomic E-state index is 13.5. The molecule has 2 nitrogen and oxygen atoms in total. The Morgan fingerprint density at radius 3 is 2.48 bits per heavy atom. The highest BCUT2D eigenvalue weighted by Gasteiger charge is 2.56. The summed E-state index contributed by atoms with van der Waals surface area (Å²) in [6.07, 6.45) is 6.91. The molecule has 2 aliphatic heterocycles. The van der Waals surface area contributed by atoms with Gasteiger partial charge in [-0.05, 0) is 68.2 Å². The Labute approximate surface area is 149 Å². The minimum Gasteiger partial charge on any atom is -0.386 e. The summed E-state index contributed by atoms with van der Waals surface area (Å²) < 4.78 is 13.5. The van der Waals surface area contributed by atoms with E-state index in [0.29, 0.717) is 5.56 Å². The number of hydrogen-bond acceptors (Lipinski definition) is 2. The fraction of sp³-hybridized carbons (Fsp3) is 0.455. The number of halogens is 1. The van der Waals surface area contributed by atoms with Gasteiger partial charge in [0.25, 0.3) is 0 Å². The molecule has 2 aromatic rings. The predicted octanol–water partition coefficient (Wildman–Crippen LogP) is 4.54. The number of benzene rings is 2. The van der Waals surface area contributed by atoms with E-state index in [-0.39, 0.29) is 16.9 Å². The third-order valence-electron chi connectivity index (χ3n) is 6.26. The van der Waals surface area contributed by atoms with Gasteiger partial charge in [-0.15, -0.1) is 0 Å². The number of aliphatic hydroxyl groups excluding tert-OH is 1. The maximum absolute atomic E-state index is 13.5. The van der Waals surface area contributed by atoms with Crippen LogP contribution in [0.4, 0.5) is 4.39 Å². The fourth-order valence-electron chi connectivity index (χ4n) is 4.88. The zero-order valence-corrected chi connectivity index (χ0v) is 14.5. The quantitative estimate of drug-likeness (QED) is 0.810. The second-order valence-electron chi connectivity index (χ2n) is 7.86. The fourth-order valence-corrected chi connectivity index (χ4v) is 4.88. The summed E-state index contributed by atoms with van der Waals surface area (Å²) in [5.74, 6) is -0.280. The van der Waals surface area contributed by atoms with Crippen LogP contribution < -0.4 is 5.32 Å². The van der Waals surface area contributed by atoms with E-state index in [9.17, 15) is 9.50 Å². The van der Waals surface area contributed by atoms with Gasteiger partial charge in [0.05, 0.1) is 6.10 Å². The summed E-state index contributed by atoms with van der Waals surface area (Å²) in [5, 5.41) is 14.7. The van der Waals surface area contributed by atoms with Crippen LogP contribution in [0.5, 0.6) is 0 Å². The topological polar surface area (TPSA) is 32.3 Å². The average molecular weight is 339 g/mol. The molecule has 2 aromatic carbocycles.